The predicted molar refractivity (Wildman–Crippen MR) is 105 cm³/mol. The second-order valence-electron chi connectivity index (χ2n) is 6.06. The zero-order valence-corrected chi connectivity index (χ0v) is 16.2. The summed E-state index contributed by atoms with van der Waals surface area (Å²) in [5.41, 5.74) is 2.02. The van der Waals surface area contributed by atoms with Gasteiger partial charge in [-0.25, -0.2) is 15.0 Å². The Morgan fingerprint density at radius 1 is 1.17 bits per heavy atom. The molecule has 1 amide bonds. The number of halogens is 1. The lowest BCUT2D eigenvalue weighted by atomic mass is 10.1. The molecule has 3 rings (SSSR count). The molecule has 0 bridgehead atoms. The third kappa shape index (κ3) is 5.25. The number of ether oxygens (including phenoxy) is 2. The summed E-state index contributed by atoms with van der Waals surface area (Å²) < 4.78 is 24.1. The molecule has 8 heteroatoms. The number of amides is 1. The van der Waals surface area contributed by atoms with Gasteiger partial charge in [-0.05, 0) is 37.6 Å². The van der Waals surface area contributed by atoms with Crippen molar-refractivity contribution in [3.63, 3.8) is 0 Å². The minimum atomic E-state index is -0.580. The fourth-order valence-electron chi connectivity index (χ4n) is 2.65. The van der Waals surface area contributed by atoms with Crippen molar-refractivity contribution in [3.05, 3.63) is 66.0 Å². The van der Waals surface area contributed by atoms with Crippen molar-refractivity contribution >= 4 is 5.91 Å². The van der Waals surface area contributed by atoms with E-state index in [1.54, 1.807) is 36.5 Å². The fourth-order valence-corrected chi connectivity index (χ4v) is 2.65. The van der Waals surface area contributed by atoms with Crippen LogP contribution in [0.15, 0.2) is 48.8 Å². The summed E-state index contributed by atoms with van der Waals surface area (Å²) in [6, 6.07) is 10.3. The molecule has 0 atom stereocenters. The normalized spacial score (nSPS) is 10.4. The van der Waals surface area contributed by atoms with Crippen LogP contribution in [0.2, 0.25) is 0 Å². The van der Waals surface area contributed by atoms with E-state index in [1.807, 2.05) is 13.0 Å². The van der Waals surface area contributed by atoms with E-state index < -0.39 is 5.95 Å². The van der Waals surface area contributed by atoms with Gasteiger partial charge in [0.15, 0.2) is 0 Å². The van der Waals surface area contributed by atoms with E-state index in [-0.39, 0.29) is 24.6 Å². The second-order valence-corrected chi connectivity index (χ2v) is 6.06. The molecule has 7 nitrogen and oxygen atoms in total. The average Bonchev–Trinajstić information content (AvgIpc) is 2.76. The highest BCUT2D eigenvalue weighted by Crippen LogP contribution is 2.19. The molecule has 29 heavy (non-hydrogen) atoms. The maximum absolute atomic E-state index is 13.8. The quantitative estimate of drug-likeness (QED) is 0.589. The predicted octanol–water partition coefficient (Wildman–Crippen LogP) is 3.06. The summed E-state index contributed by atoms with van der Waals surface area (Å²) in [5.74, 6) is 0.0700. The molecule has 3 aromatic rings. The second kappa shape index (κ2) is 9.59. The van der Waals surface area contributed by atoms with Crippen LogP contribution in [0.25, 0.3) is 11.3 Å². The summed E-state index contributed by atoms with van der Waals surface area (Å²) in [6.07, 6.45) is 3.24. The first-order valence-corrected chi connectivity index (χ1v) is 9.13. The van der Waals surface area contributed by atoms with Crippen LogP contribution in [0.5, 0.6) is 11.6 Å². The molecule has 0 spiro atoms. The lowest BCUT2D eigenvalue weighted by Gasteiger charge is -2.08. The Morgan fingerprint density at radius 2 is 2.03 bits per heavy atom. The molecule has 150 valence electrons. The summed E-state index contributed by atoms with van der Waals surface area (Å²) >= 11 is 0. The standard InChI is InChI=1S/C21H21FN4O3/c1-3-29-19-8-7-15(12-24-19)17-5-4-6-18(26-17)21(27)23-10-9-14-11-16(28-2)13-25-20(14)22/h4-8,11-13H,3,9-10H2,1-2H3,(H,23,27). The average molecular weight is 396 g/mol. The Hall–Kier alpha value is -3.55. The van der Waals surface area contributed by atoms with Gasteiger partial charge in [0.2, 0.25) is 11.8 Å². The third-order valence-electron chi connectivity index (χ3n) is 4.11. The number of hydrogen-bond donors (Lipinski definition) is 1. The monoisotopic (exact) mass is 396 g/mol. The number of hydrogen-bond acceptors (Lipinski definition) is 6. The van der Waals surface area contributed by atoms with Gasteiger partial charge < -0.3 is 14.8 Å². The molecule has 0 unspecified atom stereocenters. The zero-order valence-electron chi connectivity index (χ0n) is 16.2. The molecule has 0 saturated heterocycles. The lowest BCUT2D eigenvalue weighted by Crippen LogP contribution is -2.26. The van der Waals surface area contributed by atoms with E-state index >= 15 is 0 Å². The molecular formula is C21H21FN4O3. The maximum atomic E-state index is 13.8. The van der Waals surface area contributed by atoms with Crippen LogP contribution >= 0.6 is 0 Å². The Kier molecular flexibility index (Phi) is 6.67. The van der Waals surface area contributed by atoms with E-state index in [2.05, 4.69) is 20.3 Å². The topological polar surface area (TPSA) is 86.2 Å². The zero-order chi connectivity index (χ0) is 20.6. The van der Waals surface area contributed by atoms with Crippen molar-refractivity contribution in [2.45, 2.75) is 13.3 Å². The number of methoxy groups -OCH3 is 1. The third-order valence-corrected chi connectivity index (χ3v) is 4.11. The number of nitrogens with zero attached hydrogens (tertiary/aromatic N) is 3. The van der Waals surface area contributed by atoms with Gasteiger partial charge in [0.05, 0.1) is 25.6 Å². The molecule has 0 saturated carbocycles. The highest BCUT2D eigenvalue weighted by atomic mass is 19.1. The van der Waals surface area contributed by atoms with E-state index in [9.17, 15) is 9.18 Å². The number of nitrogens with one attached hydrogen (secondary N) is 1. The molecule has 3 heterocycles. The maximum Gasteiger partial charge on any atom is 0.269 e. The van der Waals surface area contributed by atoms with Gasteiger partial charge in [-0.15, -0.1) is 0 Å². The highest BCUT2D eigenvalue weighted by molar-refractivity contribution is 5.92. The number of aromatic nitrogens is 3. The number of carbonyl (C=O) groups excluding carboxylic acids is 1. The molecule has 0 radical (unpaired) electrons. The Labute approximate surface area is 167 Å². The molecule has 0 aliphatic rings. The fraction of sp³-hybridized carbons (Fsp3) is 0.238. The first-order valence-electron chi connectivity index (χ1n) is 9.13. The van der Waals surface area contributed by atoms with E-state index in [0.29, 0.717) is 29.5 Å². The van der Waals surface area contributed by atoms with Crippen LogP contribution in [0, 0.1) is 5.95 Å². The summed E-state index contributed by atoms with van der Waals surface area (Å²) in [5, 5.41) is 2.74. The van der Waals surface area contributed by atoms with Gasteiger partial charge in [-0.1, -0.05) is 6.07 Å². The van der Waals surface area contributed by atoms with Crippen molar-refractivity contribution in [1.29, 1.82) is 0 Å². The minimum absolute atomic E-state index is 0.237. The van der Waals surface area contributed by atoms with Gasteiger partial charge in [0.25, 0.3) is 5.91 Å². The van der Waals surface area contributed by atoms with Crippen molar-refractivity contribution in [2.75, 3.05) is 20.3 Å². The van der Waals surface area contributed by atoms with Crippen molar-refractivity contribution in [2.24, 2.45) is 0 Å². The molecule has 0 aromatic carbocycles. The van der Waals surface area contributed by atoms with E-state index in [0.717, 1.165) is 5.56 Å². The Balaban J connectivity index is 1.63. The lowest BCUT2D eigenvalue weighted by molar-refractivity contribution is 0.0949. The highest BCUT2D eigenvalue weighted by Gasteiger charge is 2.11. The van der Waals surface area contributed by atoms with Crippen LogP contribution < -0.4 is 14.8 Å². The smallest absolute Gasteiger partial charge is 0.269 e. The van der Waals surface area contributed by atoms with Gasteiger partial charge in [0, 0.05) is 29.9 Å². The van der Waals surface area contributed by atoms with Gasteiger partial charge in [0.1, 0.15) is 11.4 Å². The van der Waals surface area contributed by atoms with Crippen molar-refractivity contribution in [1.82, 2.24) is 20.3 Å². The van der Waals surface area contributed by atoms with Crippen LogP contribution in [-0.2, 0) is 6.42 Å². The van der Waals surface area contributed by atoms with Gasteiger partial charge >= 0.3 is 0 Å². The Bertz CT molecular complexity index is 980. The van der Waals surface area contributed by atoms with E-state index in [1.165, 1.54) is 13.3 Å². The van der Waals surface area contributed by atoms with Crippen LogP contribution in [0.1, 0.15) is 23.0 Å². The van der Waals surface area contributed by atoms with Crippen LogP contribution in [-0.4, -0.2) is 41.1 Å². The number of rotatable bonds is 8. The Morgan fingerprint density at radius 3 is 2.76 bits per heavy atom. The van der Waals surface area contributed by atoms with Crippen LogP contribution in [0.3, 0.4) is 0 Å². The molecule has 0 aliphatic carbocycles. The SMILES string of the molecule is CCOc1ccc(-c2cccc(C(=O)NCCc3cc(OC)cnc3F)n2)cn1. The first-order chi connectivity index (χ1) is 14.1. The molecule has 3 aromatic heterocycles. The minimum Gasteiger partial charge on any atom is -0.495 e. The first kappa shape index (κ1) is 20.2. The number of carbonyl (C=O) groups is 1. The van der Waals surface area contributed by atoms with E-state index in [4.69, 9.17) is 9.47 Å². The van der Waals surface area contributed by atoms with Gasteiger partial charge in [-0.2, -0.15) is 4.39 Å². The molecule has 0 fully saturated rings. The molecule has 0 aliphatic heterocycles. The molecule has 1 N–H and O–H groups in total. The number of pyridine rings is 3. The van der Waals surface area contributed by atoms with Crippen molar-refractivity contribution in [3.8, 4) is 22.9 Å². The summed E-state index contributed by atoms with van der Waals surface area (Å²) in [6.45, 7) is 2.66. The van der Waals surface area contributed by atoms with Crippen molar-refractivity contribution < 1.29 is 18.7 Å². The largest absolute Gasteiger partial charge is 0.495 e. The summed E-state index contributed by atoms with van der Waals surface area (Å²) in [4.78, 5) is 24.7. The summed E-state index contributed by atoms with van der Waals surface area (Å²) in [7, 11) is 1.49. The molecular weight excluding hydrogens is 375 g/mol. The van der Waals surface area contributed by atoms with Gasteiger partial charge in [-0.3, -0.25) is 4.79 Å². The van der Waals surface area contributed by atoms with Crippen LogP contribution in [0.4, 0.5) is 4.39 Å².